The van der Waals surface area contributed by atoms with Crippen LogP contribution in [0.1, 0.15) is 31.1 Å². The van der Waals surface area contributed by atoms with Crippen molar-refractivity contribution in [2.24, 2.45) is 0 Å². The van der Waals surface area contributed by atoms with E-state index in [1.54, 1.807) is 0 Å². The molecule has 23 heavy (non-hydrogen) atoms. The highest BCUT2D eigenvalue weighted by molar-refractivity contribution is 5.96. The second kappa shape index (κ2) is 6.06. The Labute approximate surface area is 129 Å². The number of carbonyl (C=O) groups excluding carboxylic acids is 1. The predicted molar refractivity (Wildman–Crippen MR) is 80.6 cm³/mol. The molecule has 0 aromatic heterocycles. The van der Waals surface area contributed by atoms with Crippen LogP contribution in [0.5, 0.6) is 5.75 Å². The zero-order valence-corrected chi connectivity index (χ0v) is 11.6. The van der Waals surface area contributed by atoms with Crippen LogP contribution in [0.25, 0.3) is 0 Å². The van der Waals surface area contributed by atoms with Crippen LogP contribution in [0.15, 0.2) is 36.4 Å². The summed E-state index contributed by atoms with van der Waals surface area (Å²) in [5.41, 5.74) is 11.1. The Kier molecular flexibility index (Phi) is 4.17. The van der Waals surface area contributed by atoms with Gasteiger partial charge >= 0.3 is 17.9 Å². The topological polar surface area (TPSA) is 153 Å². The fourth-order valence-electron chi connectivity index (χ4n) is 1.87. The van der Waals surface area contributed by atoms with Gasteiger partial charge in [-0.25, -0.2) is 14.4 Å². The van der Waals surface area contributed by atoms with E-state index in [9.17, 15) is 14.4 Å². The number of carbonyl (C=O) groups is 3. The van der Waals surface area contributed by atoms with Gasteiger partial charge in [-0.05, 0) is 36.4 Å². The summed E-state index contributed by atoms with van der Waals surface area (Å²) < 4.78 is 5.02. The quantitative estimate of drug-likeness (QED) is 0.375. The van der Waals surface area contributed by atoms with Gasteiger partial charge < -0.3 is 26.4 Å². The van der Waals surface area contributed by atoms with Crippen molar-refractivity contribution in [3.8, 4) is 5.75 Å². The average molecular weight is 316 g/mol. The summed E-state index contributed by atoms with van der Waals surface area (Å²) in [7, 11) is 0. The van der Waals surface area contributed by atoms with Gasteiger partial charge in [0.2, 0.25) is 0 Å². The number of aromatic carboxylic acids is 2. The van der Waals surface area contributed by atoms with Gasteiger partial charge in [-0.3, -0.25) is 0 Å². The van der Waals surface area contributed by atoms with Gasteiger partial charge in [0, 0.05) is 11.4 Å². The lowest BCUT2D eigenvalue weighted by molar-refractivity contribution is 0.0681. The molecule has 0 amide bonds. The molecule has 2 aromatic carbocycles. The Balaban J connectivity index is 2.36. The Morgan fingerprint density at radius 3 is 1.65 bits per heavy atom. The summed E-state index contributed by atoms with van der Waals surface area (Å²) in [5, 5.41) is 17.9. The second-order valence-electron chi connectivity index (χ2n) is 4.63. The molecule has 6 N–H and O–H groups in total. The highest BCUT2D eigenvalue weighted by Gasteiger charge is 2.15. The van der Waals surface area contributed by atoms with Crippen LogP contribution < -0.4 is 16.2 Å². The lowest BCUT2D eigenvalue weighted by atomic mass is 10.1. The normalized spacial score (nSPS) is 10.1. The van der Waals surface area contributed by atoms with Crippen molar-refractivity contribution in [3.63, 3.8) is 0 Å². The van der Waals surface area contributed by atoms with Gasteiger partial charge in [-0.15, -0.1) is 0 Å². The number of esters is 1. The van der Waals surface area contributed by atoms with Crippen molar-refractivity contribution in [1.29, 1.82) is 0 Å². The van der Waals surface area contributed by atoms with Gasteiger partial charge in [0.05, 0.1) is 16.7 Å². The number of hydrogen-bond donors (Lipinski definition) is 4. The van der Waals surface area contributed by atoms with Gasteiger partial charge in [0.15, 0.2) is 0 Å². The fourth-order valence-corrected chi connectivity index (χ4v) is 1.87. The molecule has 0 bridgehead atoms. The van der Waals surface area contributed by atoms with Gasteiger partial charge in [0.1, 0.15) is 5.75 Å². The Morgan fingerprint density at radius 2 is 1.22 bits per heavy atom. The Bertz CT molecular complexity index is 763. The molecule has 0 aliphatic rings. The van der Waals surface area contributed by atoms with E-state index in [0.717, 1.165) is 18.2 Å². The summed E-state index contributed by atoms with van der Waals surface area (Å²) >= 11 is 0. The zero-order valence-electron chi connectivity index (χ0n) is 11.6. The standard InChI is InChI=1S/C15H12N2O6/c16-10-2-9(3-11(17)6-10)15(22)23-12-4-7(13(18)19)1-8(5-12)14(20)21/h1-6H,16-17H2,(H,18,19)(H,20,21). The molecule has 2 aromatic rings. The van der Waals surface area contributed by atoms with E-state index in [2.05, 4.69) is 0 Å². The van der Waals surface area contributed by atoms with E-state index < -0.39 is 17.9 Å². The van der Waals surface area contributed by atoms with Crippen molar-refractivity contribution in [1.82, 2.24) is 0 Å². The number of carboxylic acids is 2. The van der Waals surface area contributed by atoms with E-state index in [1.807, 2.05) is 0 Å². The third-order valence-electron chi connectivity index (χ3n) is 2.82. The highest BCUT2D eigenvalue weighted by Crippen LogP contribution is 2.21. The number of hydrogen-bond acceptors (Lipinski definition) is 6. The van der Waals surface area contributed by atoms with Crippen molar-refractivity contribution >= 4 is 29.3 Å². The summed E-state index contributed by atoms with van der Waals surface area (Å²) in [6.45, 7) is 0. The molecule has 0 unspecified atom stereocenters. The first-order chi connectivity index (χ1) is 10.8. The maximum atomic E-state index is 12.1. The molecule has 0 spiro atoms. The predicted octanol–water partition coefficient (Wildman–Crippen LogP) is 1.47. The molecule has 0 atom stereocenters. The minimum Gasteiger partial charge on any atom is -0.478 e. The summed E-state index contributed by atoms with van der Waals surface area (Å²) in [6, 6.07) is 7.16. The van der Waals surface area contributed by atoms with Crippen molar-refractivity contribution in [3.05, 3.63) is 53.1 Å². The molecule has 0 saturated carbocycles. The summed E-state index contributed by atoms with van der Waals surface area (Å²) in [5.74, 6) is -3.76. The number of anilines is 2. The van der Waals surface area contributed by atoms with E-state index in [-0.39, 0.29) is 33.8 Å². The number of ether oxygens (including phenoxy) is 1. The maximum Gasteiger partial charge on any atom is 0.343 e. The Morgan fingerprint density at radius 1 is 0.739 bits per heavy atom. The first-order valence-electron chi connectivity index (χ1n) is 6.26. The third kappa shape index (κ3) is 3.76. The molecule has 0 aliphatic carbocycles. The Hall–Kier alpha value is -3.55. The molecule has 0 heterocycles. The summed E-state index contributed by atoms with van der Waals surface area (Å²) in [6.07, 6.45) is 0. The molecule has 0 fully saturated rings. The first kappa shape index (κ1) is 15.8. The van der Waals surface area contributed by atoms with Gasteiger partial charge in [0.25, 0.3) is 0 Å². The van der Waals surface area contributed by atoms with Crippen LogP contribution in [-0.2, 0) is 0 Å². The average Bonchev–Trinajstić information content (AvgIpc) is 2.45. The lowest BCUT2D eigenvalue weighted by Crippen LogP contribution is -2.11. The minimum atomic E-state index is -1.35. The molecule has 0 aliphatic heterocycles. The zero-order chi connectivity index (χ0) is 17.1. The monoisotopic (exact) mass is 316 g/mol. The van der Waals surface area contributed by atoms with E-state index in [1.165, 1.54) is 18.2 Å². The summed E-state index contributed by atoms with van der Waals surface area (Å²) in [4.78, 5) is 34.1. The van der Waals surface area contributed by atoms with Crippen molar-refractivity contribution in [2.45, 2.75) is 0 Å². The molecular weight excluding hydrogens is 304 g/mol. The molecule has 118 valence electrons. The largest absolute Gasteiger partial charge is 0.478 e. The number of rotatable bonds is 4. The van der Waals surface area contributed by atoms with Crippen molar-refractivity contribution < 1.29 is 29.3 Å². The van der Waals surface area contributed by atoms with E-state index >= 15 is 0 Å². The molecule has 8 heteroatoms. The molecular formula is C15H12N2O6. The number of carboxylic acid groups (broad SMARTS) is 2. The first-order valence-corrected chi connectivity index (χ1v) is 6.26. The number of benzene rings is 2. The van der Waals surface area contributed by atoms with Crippen LogP contribution in [0, 0.1) is 0 Å². The SMILES string of the molecule is Nc1cc(N)cc(C(=O)Oc2cc(C(=O)O)cc(C(=O)O)c2)c1. The number of nitrogens with two attached hydrogens (primary N) is 2. The van der Waals surface area contributed by atoms with Crippen LogP contribution in [0.2, 0.25) is 0 Å². The fraction of sp³-hybridized carbons (Fsp3) is 0. The van der Waals surface area contributed by atoms with Crippen LogP contribution in [-0.4, -0.2) is 28.1 Å². The number of nitrogen functional groups attached to an aromatic ring is 2. The van der Waals surface area contributed by atoms with E-state index in [4.69, 9.17) is 26.4 Å². The second-order valence-corrected chi connectivity index (χ2v) is 4.63. The maximum absolute atomic E-state index is 12.1. The van der Waals surface area contributed by atoms with Crippen LogP contribution >= 0.6 is 0 Å². The molecule has 2 rings (SSSR count). The van der Waals surface area contributed by atoms with Crippen LogP contribution in [0.4, 0.5) is 11.4 Å². The minimum absolute atomic E-state index is 0.0557. The molecule has 8 nitrogen and oxygen atoms in total. The lowest BCUT2D eigenvalue weighted by Gasteiger charge is -2.08. The smallest absolute Gasteiger partial charge is 0.343 e. The molecule has 0 saturated heterocycles. The van der Waals surface area contributed by atoms with E-state index in [0.29, 0.717) is 0 Å². The highest BCUT2D eigenvalue weighted by atomic mass is 16.5. The van der Waals surface area contributed by atoms with Crippen molar-refractivity contribution in [2.75, 3.05) is 11.5 Å². The third-order valence-corrected chi connectivity index (χ3v) is 2.82. The molecule has 0 radical (unpaired) electrons. The van der Waals surface area contributed by atoms with Gasteiger partial charge in [-0.2, -0.15) is 0 Å². The van der Waals surface area contributed by atoms with Crippen LogP contribution in [0.3, 0.4) is 0 Å². The van der Waals surface area contributed by atoms with Gasteiger partial charge in [-0.1, -0.05) is 0 Å².